The van der Waals surface area contributed by atoms with Crippen LogP contribution in [0.25, 0.3) is 10.9 Å². The molecule has 0 bridgehead atoms. The maximum absolute atomic E-state index is 6.04. The van der Waals surface area contributed by atoms with E-state index < -0.39 is 0 Å². The van der Waals surface area contributed by atoms with Gasteiger partial charge in [0, 0.05) is 38.5 Å². The lowest BCUT2D eigenvalue weighted by atomic mass is 10.1. The molecule has 2 N–H and O–H groups in total. The zero-order valence-corrected chi connectivity index (χ0v) is 13.6. The largest absolute Gasteiger partial charge is 0.360 e. The molecule has 0 fully saturated rings. The first kappa shape index (κ1) is 14.5. The minimum atomic E-state index is 0.757. The number of H-pyrrole nitrogens is 1. The Bertz CT molecular complexity index is 780. The Labute approximate surface area is 133 Å². The van der Waals surface area contributed by atoms with E-state index >= 15 is 0 Å². The Kier molecular flexibility index (Phi) is 4.24. The molecule has 0 radical (unpaired) electrons. The molecule has 0 spiro atoms. The third-order valence-electron chi connectivity index (χ3n) is 3.41. The number of fused-ring (bicyclic) bond motifs is 1. The van der Waals surface area contributed by atoms with Crippen LogP contribution in [0, 0.1) is 6.92 Å². The number of aromatic amines is 1. The number of halogens is 1. The predicted molar refractivity (Wildman–Crippen MR) is 91.4 cm³/mol. The van der Waals surface area contributed by atoms with E-state index in [0.29, 0.717) is 0 Å². The van der Waals surface area contributed by atoms with Gasteiger partial charge < -0.3 is 10.3 Å². The van der Waals surface area contributed by atoms with Gasteiger partial charge >= 0.3 is 0 Å². The zero-order chi connectivity index (χ0) is 14.8. The molecule has 0 unspecified atom stereocenters. The molecule has 1 aromatic heterocycles. The normalized spacial score (nSPS) is 11.2. The van der Waals surface area contributed by atoms with Gasteiger partial charge in [-0.15, -0.1) is 0 Å². The molecular weight excluding hydrogens is 300 g/mol. The van der Waals surface area contributed by atoms with Crippen molar-refractivity contribution in [3.63, 3.8) is 0 Å². The van der Waals surface area contributed by atoms with Crippen molar-refractivity contribution < 1.29 is 0 Å². The lowest BCUT2D eigenvalue weighted by molar-refractivity contribution is 0.802. The molecule has 108 valence electrons. The molecule has 0 amide bonds. The topological polar surface area (TPSA) is 27.8 Å². The summed E-state index contributed by atoms with van der Waals surface area (Å²) in [4.78, 5) is 5.80. The third kappa shape index (κ3) is 3.10. The van der Waals surface area contributed by atoms with Crippen LogP contribution in [0.15, 0.2) is 52.4 Å². The maximum atomic E-state index is 6.04. The van der Waals surface area contributed by atoms with Crippen LogP contribution in [-0.2, 0) is 6.54 Å². The monoisotopic (exact) mass is 316 g/mol. The molecular formula is C17H17ClN2S. The zero-order valence-electron chi connectivity index (χ0n) is 12.0. The van der Waals surface area contributed by atoms with Gasteiger partial charge in [0.15, 0.2) is 0 Å². The summed E-state index contributed by atoms with van der Waals surface area (Å²) >= 11 is 7.83. The molecule has 0 saturated carbocycles. The quantitative estimate of drug-likeness (QED) is 0.709. The Balaban J connectivity index is 1.98. The van der Waals surface area contributed by atoms with Gasteiger partial charge in [-0.05, 0) is 37.7 Å². The Morgan fingerprint density at radius 1 is 1.14 bits per heavy atom. The number of hydrogen-bond acceptors (Lipinski definition) is 2. The summed E-state index contributed by atoms with van der Waals surface area (Å²) in [6, 6.07) is 12.6. The predicted octanol–water partition coefficient (Wildman–Crippen LogP) is 5.00. The number of hydrogen-bond donors (Lipinski definition) is 2. The van der Waals surface area contributed by atoms with Crippen molar-refractivity contribution in [2.75, 3.05) is 7.05 Å². The number of aryl methyl sites for hydroxylation is 1. The van der Waals surface area contributed by atoms with E-state index in [-0.39, 0.29) is 0 Å². The highest BCUT2D eigenvalue weighted by molar-refractivity contribution is 7.99. The number of rotatable bonds is 4. The summed E-state index contributed by atoms with van der Waals surface area (Å²) in [5.41, 5.74) is 3.69. The van der Waals surface area contributed by atoms with E-state index in [4.69, 9.17) is 11.6 Å². The number of aromatic nitrogens is 1. The van der Waals surface area contributed by atoms with Crippen LogP contribution in [-0.4, -0.2) is 12.0 Å². The van der Waals surface area contributed by atoms with Crippen molar-refractivity contribution >= 4 is 34.3 Å². The first-order valence-electron chi connectivity index (χ1n) is 6.86. The van der Waals surface area contributed by atoms with Gasteiger partial charge in [0.2, 0.25) is 0 Å². The van der Waals surface area contributed by atoms with Gasteiger partial charge in [0.05, 0.1) is 0 Å². The highest BCUT2D eigenvalue weighted by Crippen LogP contribution is 2.36. The number of nitrogens with one attached hydrogen (secondary N) is 2. The molecule has 3 aromatic rings. The fourth-order valence-electron chi connectivity index (χ4n) is 2.41. The van der Waals surface area contributed by atoms with E-state index in [2.05, 4.69) is 47.7 Å². The second-order valence-corrected chi connectivity index (χ2v) is 6.61. The van der Waals surface area contributed by atoms with E-state index in [0.717, 1.165) is 17.1 Å². The highest BCUT2D eigenvalue weighted by Gasteiger charge is 2.09. The molecule has 0 saturated heterocycles. The minimum absolute atomic E-state index is 0.757. The van der Waals surface area contributed by atoms with E-state index in [1.54, 1.807) is 11.8 Å². The van der Waals surface area contributed by atoms with Crippen LogP contribution in [0.4, 0.5) is 0 Å². The van der Waals surface area contributed by atoms with Crippen LogP contribution in [0.5, 0.6) is 0 Å². The molecule has 2 aromatic carbocycles. The summed E-state index contributed by atoms with van der Waals surface area (Å²) < 4.78 is 0. The average Bonchev–Trinajstić information content (AvgIpc) is 2.84. The lowest BCUT2D eigenvalue weighted by Gasteiger charge is -2.09. The fourth-order valence-corrected chi connectivity index (χ4v) is 3.62. The average molecular weight is 317 g/mol. The molecule has 0 aliphatic rings. The van der Waals surface area contributed by atoms with Gasteiger partial charge in [-0.1, -0.05) is 47.1 Å². The fraction of sp³-hybridized carbons (Fsp3) is 0.176. The summed E-state index contributed by atoms with van der Waals surface area (Å²) in [5, 5.41) is 5.20. The third-order valence-corrected chi connectivity index (χ3v) is 4.82. The molecule has 2 nitrogen and oxygen atoms in total. The van der Waals surface area contributed by atoms with Gasteiger partial charge in [0.25, 0.3) is 0 Å². The molecule has 21 heavy (non-hydrogen) atoms. The first-order valence-corrected chi connectivity index (χ1v) is 8.05. The molecule has 3 rings (SSSR count). The van der Waals surface area contributed by atoms with Crippen molar-refractivity contribution in [2.45, 2.75) is 23.3 Å². The molecule has 0 aliphatic carbocycles. The van der Waals surface area contributed by atoms with E-state index in [9.17, 15) is 0 Å². The van der Waals surface area contributed by atoms with Gasteiger partial charge in [-0.25, -0.2) is 0 Å². The summed E-state index contributed by atoms with van der Waals surface area (Å²) in [7, 11) is 1.98. The molecule has 1 heterocycles. The summed E-state index contributed by atoms with van der Waals surface area (Å²) in [5.74, 6) is 0. The smallest absolute Gasteiger partial charge is 0.0480 e. The van der Waals surface area contributed by atoms with E-state index in [1.807, 2.05) is 19.2 Å². The standard InChI is InChI=1S/C17H17ClN2S/c1-11-3-6-16(12(7-11)9-19-2)21-17-10-20-15-8-13(18)4-5-14(15)17/h3-8,10,19-20H,9H2,1-2H3. The lowest BCUT2D eigenvalue weighted by Crippen LogP contribution is -2.06. The van der Waals surface area contributed by atoms with Crippen molar-refractivity contribution in [2.24, 2.45) is 0 Å². The van der Waals surface area contributed by atoms with Crippen LogP contribution in [0.2, 0.25) is 5.02 Å². The Morgan fingerprint density at radius 3 is 2.81 bits per heavy atom. The highest BCUT2D eigenvalue weighted by atomic mass is 35.5. The Morgan fingerprint density at radius 2 is 2.00 bits per heavy atom. The van der Waals surface area contributed by atoms with Gasteiger partial charge in [-0.2, -0.15) is 0 Å². The van der Waals surface area contributed by atoms with Crippen LogP contribution in [0.3, 0.4) is 0 Å². The molecule has 0 atom stereocenters. The second kappa shape index (κ2) is 6.14. The van der Waals surface area contributed by atoms with Gasteiger partial charge in [-0.3, -0.25) is 0 Å². The SMILES string of the molecule is CNCc1cc(C)ccc1Sc1c[nH]c2cc(Cl)ccc12. The Hall–Kier alpha value is -1.42. The van der Waals surface area contributed by atoms with Crippen molar-refractivity contribution in [3.05, 3.63) is 58.7 Å². The molecule has 0 aliphatic heterocycles. The van der Waals surface area contributed by atoms with E-state index in [1.165, 1.54) is 26.3 Å². The van der Waals surface area contributed by atoms with Gasteiger partial charge in [0.1, 0.15) is 0 Å². The van der Waals surface area contributed by atoms with Crippen LogP contribution >= 0.6 is 23.4 Å². The first-order chi connectivity index (χ1) is 10.2. The number of benzene rings is 2. The second-order valence-electron chi connectivity index (χ2n) is 5.09. The maximum Gasteiger partial charge on any atom is 0.0480 e. The summed E-state index contributed by atoms with van der Waals surface area (Å²) in [6.45, 7) is 3.00. The minimum Gasteiger partial charge on any atom is -0.360 e. The van der Waals surface area contributed by atoms with Crippen LogP contribution in [0.1, 0.15) is 11.1 Å². The van der Waals surface area contributed by atoms with Crippen molar-refractivity contribution in [1.82, 2.24) is 10.3 Å². The molecule has 4 heteroatoms. The van der Waals surface area contributed by atoms with Crippen LogP contribution < -0.4 is 5.32 Å². The summed E-state index contributed by atoms with van der Waals surface area (Å²) in [6.07, 6.45) is 2.05. The van der Waals surface area contributed by atoms with Crippen molar-refractivity contribution in [1.29, 1.82) is 0 Å². The van der Waals surface area contributed by atoms with Crippen molar-refractivity contribution in [3.8, 4) is 0 Å².